The maximum absolute atomic E-state index is 13.7. The van der Waals surface area contributed by atoms with Crippen LogP contribution in [-0.4, -0.2) is 33.2 Å². The van der Waals surface area contributed by atoms with Crippen molar-refractivity contribution in [3.05, 3.63) is 47.5 Å². The zero-order valence-corrected chi connectivity index (χ0v) is 13.4. The molecule has 1 aliphatic carbocycles. The zero-order chi connectivity index (χ0) is 16.4. The van der Waals surface area contributed by atoms with Gasteiger partial charge in [-0.25, -0.2) is 4.39 Å². The Balaban J connectivity index is 1.63. The first-order valence-corrected chi connectivity index (χ1v) is 7.79. The van der Waals surface area contributed by atoms with Gasteiger partial charge in [-0.05, 0) is 37.5 Å². The van der Waals surface area contributed by atoms with Gasteiger partial charge in [0.05, 0.1) is 18.4 Å². The molecule has 1 aromatic heterocycles. The van der Waals surface area contributed by atoms with E-state index in [2.05, 4.69) is 15.3 Å². The number of rotatable bonds is 6. The summed E-state index contributed by atoms with van der Waals surface area (Å²) in [6, 6.07) is 5.14. The van der Waals surface area contributed by atoms with Crippen LogP contribution in [0, 0.1) is 12.7 Å². The number of halogens is 1. The fraction of sp³-hybridized carbons (Fsp3) is 0.412. The van der Waals surface area contributed by atoms with E-state index in [0.717, 1.165) is 24.0 Å². The van der Waals surface area contributed by atoms with E-state index in [0.29, 0.717) is 12.6 Å². The normalized spacial score (nSPS) is 14.3. The van der Waals surface area contributed by atoms with Crippen LogP contribution < -0.4 is 5.32 Å². The molecular formula is C17H21FN4O. The second-order valence-corrected chi connectivity index (χ2v) is 6.19. The van der Waals surface area contributed by atoms with E-state index in [9.17, 15) is 9.18 Å². The molecule has 1 N–H and O–H groups in total. The van der Waals surface area contributed by atoms with Gasteiger partial charge in [0.1, 0.15) is 5.82 Å². The lowest BCUT2D eigenvalue weighted by atomic mass is 10.2. The third-order valence-corrected chi connectivity index (χ3v) is 3.95. The molecule has 1 saturated carbocycles. The van der Waals surface area contributed by atoms with E-state index in [1.54, 1.807) is 16.8 Å². The van der Waals surface area contributed by atoms with Gasteiger partial charge in [-0.2, -0.15) is 5.10 Å². The Bertz CT molecular complexity index is 708. The molecule has 0 radical (unpaired) electrons. The number of amides is 1. The Morgan fingerprint density at radius 1 is 1.48 bits per heavy atom. The Labute approximate surface area is 135 Å². The second kappa shape index (κ2) is 6.50. The molecule has 0 saturated heterocycles. The van der Waals surface area contributed by atoms with Crippen LogP contribution in [0.15, 0.2) is 30.6 Å². The summed E-state index contributed by atoms with van der Waals surface area (Å²) in [5.74, 6) is -0.598. The fourth-order valence-electron chi connectivity index (χ4n) is 2.65. The fourth-order valence-corrected chi connectivity index (χ4v) is 2.65. The summed E-state index contributed by atoms with van der Waals surface area (Å²) >= 11 is 0. The Kier molecular flexibility index (Phi) is 4.43. The highest BCUT2D eigenvalue weighted by molar-refractivity contribution is 5.92. The van der Waals surface area contributed by atoms with Gasteiger partial charge < -0.3 is 5.32 Å². The third kappa shape index (κ3) is 4.16. The van der Waals surface area contributed by atoms with Gasteiger partial charge in [-0.15, -0.1) is 0 Å². The first-order chi connectivity index (χ1) is 11.0. The molecule has 1 fully saturated rings. The van der Waals surface area contributed by atoms with Crippen LogP contribution in [0.2, 0.25) is 0 Å². The standard InChI is InChI=1S/C17H21FN4O/c1-12-3-6-15(18)16(7-12)20-17(23)11-22(14-4-5-14)10-13-8-19-21(2)9-13/h3,6-9,14H,4-5,10-11H2,1-2H3,(H,20,23). The van der Waals surface area contributed by atoms with Crippen molar-refractivity contribution in [2.45, 2.75) is 32.4 Å². The molecule has 1 heterocycles. The zero-order valence-electron chi connectivity index (χ0n) is 13.4. The van der Waals surface area contributed by atoms with E-state index in [4.69, 9.17) is 0 Å². The van der Waals surface area contributed by atoms with Crippen LogP contribution >= 0.6 is 0 Å². The lowest BCUT2D eigenvalue weighted by Crippen LogP contribution is -2.34. The average Bonchev–Trinajstić information content (AvgIpc) is 3.26. The van der Waals surface area contributed by atoms with Gasteiger partial charge in [0.15, 0.2) is 0 Å². The van der Waals surface area contributed by atoms with E-state index in [1.165, 1.54) is 6.07 Å². The SMILES string of the molecule is Cc1ccc(F)c(NC(=O)CN(Cc2cnn(C)c2)C2CC2)c1. The Morgan fingerprint density at radius 2 is 2.26 bits per heavy atom. The van der Waals surface area contributed by atoms with Crippen molar-refractivity contribution in [1.29, 1.82) is 0 Å². The molecular weight excluding hydrogens is 295 g/mol. The van der Waals surface area contributed by atoms with Gasteiger partial charge in [0, 0.05) is 31.4 Å². The summed E-state index contributed by atoms with van der Waals surface area (Å²) in [5.41, 5.74) is 2.23. The summed E-state index contributed by atoms with van der Waals surface area (Å²) in [6.07, 6.45) is 5.97. The predicted octanol–water partition coefficient (Wildman–Crippen LogP) is 2.47. The smallest absolute Gasteiger partial charge is 0.238 e. The predicted molar refractivity (Wildman–Crippen MR) is 86.4 cm³/mol. The molecule has 0 bridgehead atoms. The summed E-state index contributed by atoms with van der Waals surface area (Å²) in [7, 11) is 1.87. The van der Waals surface area contributed by atoms with Gasteiger partial charge >= 0.3 is 0 Å². The minimum Gasteiger partial charge on any atom is -0.322 e. The van der Waals surface area contributed by atoms with E-state index in [-0.39, 0.29) is 18.1 Å². The monoisotopic (exact) mass is 316 g/mol. The number of benzene rings is 1. The van der Waals surface area contributed by atoms with Crippen molar-refractivity contribution >= 4 is 11.6 Å². The van der Waals surface area contributed by atoms with E-state index in [1.807, 2.05) is 26.4 Å². The van der Waals surface area contributed by atoms with Crippen LogP contribution in [0.5, 0.6) is 0 Å². The largest absolute Gasteiger partial charge is 0.322 e. The molecule has 122 valence electrons. The maximum Gasteiger partial charge on any atom is 0.238 e. The number of carbonyl (C=O) groups excluding carboxylic acids is 1. The van der Waals surface area contributed by atoms with Crippen molar-refractivity contribution in [3.63, 3.8) is 0 Å². The number of nitrogens with one attached hydrogen (secondary N) is 1. The van der Waals surface area contributed by atoms with E-state index >= 15 is 0 Å². The Morgan fingerprint density at radius 3 is 2.91 bits per heavy atom. The second-order valence-electron chi connectivity index (χ2n) is 6.19. The first-order valence-electron chi connectivity index (χ1n) is 7.79. The van der Waals surface area contributed by atoms with Gasteiger partial charge in [-0.1, -0.05) is 6.07 Å². The highest BCUT2D eigenvalue weighted by Crippen LogP contribution is 2.28. The first kappa shape index (κ1) is 15.7. The minimum atomic E-state index is -0.408. The highest BCUT2D eigenvalue weighted by Gasteiger charge is 2.30. The minimum absolute atomic E-state index is 0.190. The molecule has 6 heteroatoms. The highest BCUT2D eigenvalue weighted by atomic mass is 19.1. The number of carbonyl (C=O) groups is 1. The van der Waals surface area contributed by atoms with Gasteiger partial charge in [-0.3, -0.25) is 14.4 Å². The molecule has 0 spiro atoms. The number of aryl methyl sites for hydroxylation is 2. The van der Waals surface area contributed by atoms with E-state index < -0.39 is 5.82 Å². The quantitative estimate of drug-likeness (QED) is 0.891. The van der Waals surface area contributed by atoms with Gasteiger partial charge in [0.25, 0.3) is 0 Å². The third-order valence-electron chi connectivity index (χ3n) is 3.95. The van der Waals surface area contributed by atoms with Crippen LogP contribution in [0.4, 0.5) is 10.1 Å². The maximum atomic E-state index is 13.7. The van der Waals surface area contributed by atoms with Crippen LogP contribution in [-0.2, 0) is 18.4 Å². The lowest BCUT2D eigenvalue weighted by Gasteiger charge is -2.20. The topological polar surface area (TPSA) is 50.2 Å². The summed E-state index contributed by atoms with van der Waals surface area (Å²) < 4.78 is 15.5. The molecule has 1 aromatic carbocycles. The van der Waals surface area contributed by atoms with Crippen LogP contribution in [0.3, 0.4) is 0 Å². The van der Waals surface area contributed by atoms with Crippen molar-refractivity contribution in [2.24, 2.45) is 7.05 Å². The molecule has 2 aromatic rings. The van der Waals surface area contributed by atoms with Crippen molar-refractivity contribution in [2.75, 3.05) is 11.9 Å². The summed E-state index contributed by atoms with van der Waals surface area (Å²) in [4.78, 5) is 14.4. The molecule has 1 amide bonds. The number of hydrogen-bond acceptors (Lipinski definition) is 3. The van der Waals surface area contributed by atoms with Gasteiger partial charge in [0.2, 0.25) is 5.91 Å². The van der Waals surface area contributed by atoms with Crippen molar-refractivity contribution in [3.8, 4) is 0 Å². The van der Waals surface area contributed by atoms with Crippen molar-refractivity contribution in [1.82, 2.24) is 14.7 Å². The lowest BCUT2D eigenvalue weighted by molar-refractivity contribution is -0.117. The molecule has 0 atom stereocenters. The molecule has 23 heavy (non-hydrogen) atoms. The molecule has 1 aliphatic rings. The number of aromatic nitrogens is 2. The summed E-state index contributed by atoms with van der Waals surface area (Å²) in [5, 5.41) is 6.84. The average molecular weight is 316 g/mol. The summed E-state index contributed by atoms with van der Waals surface area (Å²) in [6.45, 7) is 2.81. The number of anilines is 1. The number of hydrogen-bond donors (Lipinski definition) is 1. The van der Waals surface area contributed by atoms with Crippen LogP contribution in [0.1, 0.15) is 24.0 Å². The molecule has 0 unspecified atom stereocenters. The van der Waals surface area contributed by atoms with Crippen molar-refractivity contribution < 1.29 is 9.18 Å². The van der Waals surface area contributed by atoms with Crippen LogP contribution in [0.25, 0.3) is 0 Å². The Hall–Kier alpha value is -2.21. The molecule has 5 nitrogen and oxygen atoms in total. The molecule has 3 rings (SSSR count). The number of nitrogens with zero attached hydrogens (tertiary/aromatic N) is 3. The molecule has 0 aliphatic heterocycles.